The van der Waals surface area contributed by atoms with Crippen molar-refractivity contribution in [3.8, 4) is 0 Å². The normalized spacial score (nSPS) is 10.4. The number of nitrogens with one attached hydrogen (secondary N) is 2. The molecule has 8 heteroatoms. The highest BCUT2D eigenvalue weighted by molar-refractivity contribution is 5.99. The van der Waals surface area contributed by atoms with Crippen molar-refractivity contribution in [1.82, 2.24) is 14.9 Å². The van der Waals surface area contributed by atoms with Crippen LogP contribution in [0, 0.1) is 0 Å². The number of hydrogen-bond acceptors (Lipinski definition) is 5. The average molecular weight is 291 g/mol. The average Bonchev–Trinajstić information content (AvgIpc) is 2.92. The predicted octanol–water partition coefficient (Wildman–Crippen LogP) is 1.51. The van der Waals surface area contributed by atoms with E-state index in [4.69, 9.17) is 10.5 Å². The van der Waals surface area contributed by atoms with Gasteiger partial charge in [0.2, 0.25) is 0 Å². The topological polar surface area (TPSA) is 113 Å². The number of nitrogens with two attached hydrogens (primary N) is 1. The lowest BCUT2D eigenvalue weighted by Gasteiger charge is -2.19. The van der Waals surface area contributed by atoms with Crippen molar-refractivity contribution in [3.05, 3.63) is 24.5 Å². The first-order valence-electron chi connectivity index (χ1n) is 6.54. The first-order chi connectivity index (χ1) is 10.2. The number of imide groups is 1. The number of urea groups is 1. The van der Waals surface area contributed by atoms with Crippen LogP contribution in [0.2, 0.25) is 0 Å². The zero-order valence-corrected chi connectivity index (χ0v) is 11.6. The van der Waals surface area contributed by atoms with Gasteiger partial charge in [0.1, 0.15) is 0 Å². The van der Waals surface area contributed by atoms with Crippen LogP contribution in [0.1, 0.15) is 6.92 Å². The van der Waals surface area contributed by atoms with Gasteiger partial charge in [-0.2, -0.15) is 0 Å². The summed E-state index contributed by atoms with van der Waals surface area (Å²) < 4.78 is 4.83. The molecule has 4 N–H and O–H groups in total. The molecular weight excluding hydrogens is 274 g/mol. The smallest absolute Gasteiger partial charge is 0.418 e. The Labute approximate surface area is 121 Å². The molecule has 0 saturated carbocycles. The van der Waals surface area contributed by atoms with Crippen LogP contribution >= 0.6 is 0 Å². The van der Waals surface area contributed by atoms with Crippen LogP contribution in [0.5, 0.6) is 0 Å². The van der Waals surface area contributed by atoms with E-state index in [0.717, 1.165) is 15.9 Å². The molecule has 0 aliphatic heterocycles. The van der Waals surface area contributed by atoms with Crippen molar-refractivity contribution in [2.24, 2.45) is 5.73 Å². The molecule has 0 radical (unpaired) electrons. The maximum absolute atomic E-state index is 12.1. The number of aromatic nitrogens is 2. The van der Waals surface area contributed by atoms with E-state index in [9.17, 15) is 9.59 Å². The number of imidazole rings is 1. The second-order valence-electron chi connectivity index (χ2n) is 4.20. The highest BCUT2D eigenvalue weighted by Gasteiger charge is 2.22. The number of anilines is 1. The Bertz CT molecular complexity index is 640. The fourth-order valence-corrected chi connectivity index (χ4v) is 1.81. The molecule has 112 valence electrons. The van der Waals surface area contributed by atoms with Crippen molar-refractivity contribution < 1.29 is 14.3 Å². The summed E-state index contributed by atoms with van der Waals surface area (Å²) in [5.41, 5.74) is 7.53. The van der Waals surface area contributed by atoms with Gasteiger partial charge in [-0.3, -0.25) is 0 Å². The van der Waals surface area contributed by atoms with Gasteiger partial charge in [0.25, 0.3) is 0 Å². The molecular formula is C13H17N5O3. The Morgan fingerprint density at radius 2 is 2.29 bits per heavy atom. The van der Waals surface area contributed by atoms with Gasteiger partial charge in [-0.1, -0.05) is 0 Å². The fourth-order valence-electron chi connectivity index (χ4n) is 1.81. The van der Waals surface area contributed by atoms with E-state index < -0.39 is 12.1 Å². The summed E-state index contributed by atoms with van der Waals surface area (Å²) >= 11 is 0. The SMILES string of the molecule is CCOC(=O)N(CCN)C(=O)Nc1ccc2nc[nH]c2c1. The Morgan fingerprint density at radius 1 is 1.48 bits per heavy atom. The number of benzene rings is 1. The van der Waals surface area contributed by atoms with Gasteiger partial charge < -0.3 is 20.8 Å². The molecule has 3 amide bonds. The van der Waals surface area contributed by atoms with Gasteiger partial charge >= 0.3 is 12.1 Å². The molecule has 1 aromatic carbocycles. The van der Waals surface area contributed by atoms with E-state index in [1.807, 2.05) is 0 Å². The number of carbonyl (C=O) groups is 2. The van der Waals surface area contributed by atoms with Crippen LogP contribution in [0.25, 0.3) is 11.0 Å². The second-order valence-corrected chi connectivity index (χ2v) is 4.20. The van der Waals surface area contributed by atoms with Gasteiger partial charge in [0.05, 0.1) is 24.0 Å². The standard InChI is InChI=1S/C13H17N5O3/c1-2-21-13(20)18(6-5-14)12(19)17-9-3-4-10-11(7-9)16-8-15-10/h3-4,7-8H,2,5-6,14H2,1H3,(H,15,16)(H,17,19). The van der Waals surface area contributed by atoms with Crippen LogP contribution in [0.4, 0.5) is 15.3 Å². The number of H-pyrrole nitrogens is 1. The third kappa shape index (κ3) is 3.48. The molecule has 0 atom stereocenters. The summed E-state index contributed by atoms with van der Waals surface area (Å²) in [5.74, 6) is 0. The molecule has 0 unspecified atom stereocenters. The van der Waals surface area contributed by atoms with Crippen molar-refractivity contribution >= 4 is 28.8 Å². The molecule has 0 aliphatic rings. The zero-order valence-electron chi connectivity index (χ0n) is 11.6. The van der Waals surface area contributed by atoms with Gasteiger partial charge in [-0.05, 0) is 25.1 Å². The van der Waals surface area contributed by atoms with Crippen LogP contribution in [-0.4, -0.2) is 46.7 Å². The van der Waals surface area contributed by atoms with E-state index in [1.165, 1.54) is 0 Å². The summed E-state index contributed by atoms with van der Waals surface area (Å²) in [4.78, 5) is 31.8. The molecule has 2 rings (SSSR count). The van der Waals surface area contributed by atoms with Crippen LogP contribution < -0.4 is 11.1 Å². The third-order valence-electron chi connectivity index (χ3n) is 2.76. The minimum Gasteiger partial charge on any atom is -0.449 e. The number of fused-ring (bicyclic) bond motifs is 1. The molecule has 0 bridgehead atoms. The summed E-state index contributed by atoms with van der Waals surface area (Å²) in [6.45, 7) is 2.10. The Hall–Kier alpha value is -2.61. The van der Waals surface area contributed by atoms with Gasteiger partial charge in [-0.25, -0.2) is 19.5 Å². The molecule has 2 aromatic rings. The maximum atomic E-state index is 12.1. The fraction of sp³-hybridized carbons (Fsp3) is 0.308. The quantitative estimate of drug-likeness (QED) is 0.790. The van der Waals surface area contributed by atoms with Crippen molar-refractivity contribution in [1.29, 1.82) is 0 Å². The van der Waals surface area contributed by atoms with Crippen LogP contribution in [0.3, 0.4) is 0 Å². The van der Waals surface area contributed by atoms with E-state index in [2.05, 4.69) is 15.3 Å². The zero-order chi connectivity index (χ0) is 15.2. The van der Waals surface area contributed by atoms with Gasteiger partial charge in [-0.15, -0.1) is 0 Å². The largest absolute Gasteiger partial charge is 0.449 e. The molecule has 21 heavy (non-hydrogen) atoms. The van der Waals surface area contributed by atoms with Crippen molar-refractivity contribution in [2.75, 3.05) is 25.0 Å². The number of hydrogen-bond donors (Lipinski definition) is 3. The monoisotopic (exact) mass is 291 g/mol. The van der Waals surface area contributed by atoms with Crippen LogP contribution in [0.15, 0.2) is 24.5 Å². The number of amides is 3. The predicted molar refractivity (Wildman–Crippen MR) is 77.9 cm³/mol. The summed E-state index contributed by atoms with van der Waals surface area (Å²) in [5, 5.41) is 2.63. The number of aromatic amines is 1. The minimum atomic E-state index is -0.719. The lowest BCUT2D eigenvalue weighted by Crippen LogP contribution is -2.43. The maximum Gasteiger partial charge on any atom is 0.418 e. The lowest BCUT2D eigenvalue weighted by atomic mass is 10.3. The van der Waals surface area contributed by atoms with E-state index in [1.54, 1.807) is 31.5 Å². The molecule has 8 nitrogen and oxygen atoms in total. The van der Waals surface area contributed by atoms with E-state index in [-0.39, 0.29) is 19.7 Å². The number of carbonyl (C=O) groups excluding carboxylic acids is 2. The number of ether oxygens (including phenoxy) is 1. The Morgan fingerprint density at radius 3 is 3.00 bits per heavy atom. The molecule has 0 fully saturated rings. The van der Waals surface area contributed by atoms with Crippen molar-refractivity contribution in [3.63, 3.8) is 0 Å². The van der Waals surface area contributed by atoms with Crippen molar-refractivity contribution in [2.45, 2.75) is 6.92 Å². The van der Waals surface area contributed by atoms with Gasteiger partial charge in [0.15, 0.2) is 0 Å². The number of rotatable bonds is 4. The summed E-state index contributed by atoms with van der Waals surface area (Å²) in [6, 6.07) is 4.61. The molecule has 1 heterocycles. The first-order valence-corrected chi connectivity index (χ1v) is 6.54. The first kappa shape index (κ1) is 14.8. The highest BCUT2D eigenvalue weighted by atomic mass is 16.6. The highest BCUT2D eigenvalue weighted by Crippen LogP contribution is 2.16. The second kappa shape index (κ2) is 6.71. The Kier molecular flexibility index (Phi) is 4.72. The van der Waals surface area contributed by atoms with E-state index in [0.29, 0.717) is 5.69 Å². The minimum absolute atomic E-state index is 0.0803. The summed E-state index contributed by atoms with van der Waals surface area (Å²) in [7, 11) is 0. The number of nitrogens with zero attached hydrogens (tertiary/aromatic N) is 2. The van der Waals surface area contributed by atoms with Crippen LogP contribution in [-0.2, 0) is 4.74 Å². The van der Waals surface area contributed by atoms with E-state index >= 15 is 0 Å². The lowest BCUT2D eigenvalue weighted by molar-refractivity contribution is 0.118. The van der Waals surface area contributed by atoms with Gasteiger partial charge in [0, 0.05) is 18.8 Å². The molecule has 1 aromatic heterocycles. The third-order valence-corrected chi connectivity index (χ3v) is 2.76. The molecule has 0 saturated heterocycles. The molecule has 0 spiro atoms. The Balaban J connectivity index is 2.11. The summed E-state index contributed by atoms with van der Waals surface area (Å²) in [6.07, 6.45) is 0.846. The molecule has 0 aliphatic carbocycles.